The number of benzene rings is 2. The van der Waals surface area contributed by atoms with E-state index in [4.69, 9.17) is 26.3 Å². The summed E-state index contributed by atoms with van der Waals surface area (Å²) in [6.45, 7) is 4.81. The number of carbonyl (C=O) groups is 1. The summed E-state index contributed by atoms with van der Waals surface area (Å²) in [4.78, 5) is 21.8. The number of aliphatic hydroxyl groups is 1. The third kappa shape index (κ3) is 5.31. The van der Waals surface area contributed by atoms with E-state index in [-0.39, 0.29) is 30.0 Å². The van der Waals surface area contributed by atoms with E-state index in [1.165, 1.54) is 12.4 Å². The summed E-state index contributed by atoms with van der Waals surface area (Å²) < 4.78 is 22.6. The van der Waals surface area contributed by atoms with Crippen molar-refractivity contribution in [2.45, 2.75) is 20.4 Å². The van der Waals surface area contributed by atoms with Crippen molar-refractivity contribution in [2.75, 3.05) is 31.7 Å². The van der Waals surface area contributed by atoms with Gasteiger partial charge in [0.05, 0.1) is 53.6 Å². The van der Waals surface area contributed by atoms with Crippen LogP contribution >= 0.6 is 11.6 Å². The van der Waals surface area contributed by atoms with E-state index in [9.17, 15) is 4.79 Å². The fourth-order valence-corrected chi connectivity index (χ4v) is 3.30. The van der Waals surface area contributed by atoms with Gasteiger partial charge in [0.15, 0.2) is 5.82 Å². The second kappa shape index (κ2) is 10.5. The third-order valence-corrected chi connectivity index (χ3v) is 4.84. The topological polar surface area (TPSA) is 97.6 Å². The Morgan fingerprint density at radius 1 is 1.32 bits per heavy atom. The van der Waals surface area contributed by atoms with Crippen molar-refractivity contribution >= 4 is 39.9 Å². The van der Waals surface area contributed by atoms with Gasteiger partial charge in [-0.2, -0.15) is 0 Å². The molecule has 0 unspecified atom stereocenters. The zero-order valence-corrected chi connectivity index (χ0v) is 18.0. The monoisotopic (exact) mass is 450 g/mol. The number of halogens is 2. The van der Waals surface area contributed by atoms with Crippen molar-refractivity contribution in [1.29, 1.82) is 0 Å². The van der Waals surface area contributed by atoms with Crippen molar-refractivity contribution in [3.05, 3.63) is 52.6 Å². The zero-order chi connectivity index (χ0) is 22.4. The van der Waals surface area contributed by atoms with E-state index in [1.807, 2.05) is 19.9 Å². The average molecular weight is 451 g/mol. The number of ether oxygens (including phenoxy) is 1. The van der Waals surface area contributed by atoms with Gasteiger partial charge in [0.25, 0.3) is 5.91 Å². The SMILES string of the molecule is CCOCCn1cnc2c(F)c(Nc3ccc(C)cc3Cl)c(C(=O)NOCCO)cc21. The molecule has 0 aliphatic rings. The molecular formula is C21H24ClFN4O4. The quantitative estimate of drug-likeness (QED) is 0.323. The first-order valence-corrected chi connectivity index (χ1v) is 10.1. The molecule has 3 N–H and O–H groups in total. The van der Waals surface area contributed by atoms with Gasteiger partial charge in [0.1, 0.15) is 5.52 Å². The number of imidazole rings is 1. The van der Waals surface area contributed by atoms with Crippen LogP contribution in [0.1, 0.15) is 22.8 Å². The molecule has 3 aromatic rings. The maximum atomic E-state index is 15.5. The van der Waals surface area contributed by atoms with E-state index < -0.39 is 11.7 Å². The number of aromatic nitrogens is 2. The Bertz CT molecular complexity index is 1070. The Balaban J connectivity index is 2.06. The maximum Gasteiger partial charge on any atom is 0.277 e. The van der Waals surface area contributed by atoms with Crippen molar-refractivity contribution in [3.8, 4) is 0 Å². The van der Waals surface area contributed by atoms with E-state index >= 15 is 4.39 Å². The van der Waals surface area contributed by atoms with Crippen LogP contribution in [0.3, 0.4) is 0 Å². The molecule has 8 nitrogen and oxygen atoms in total. The van der Waals surface area contributed by atoms with E-state index in [0.717, 1.165) is 5.56 Å². The van der Waals surface area contributed by atoms with Crippen LogP contribution in [0.4, 0.5) is 15.8 Å². The van der Waals surface area contributed by atoms with Gasteiger partial charge in [-0.05, 0) is 37.6 Å². The largest absolute Gasteiger partial charge is 0.394 e. The highest BCUT2D eigenvalue weighted by molar-refractivity contribution is 6.33. The molecule has 0 radical (unpaired) electrons. The number of aryl methyl sites for hydroxylation is 1. The molecule has 0 atom stereocenters. The second-order valence-electron chi connectivity index (χ2n) is 6.73. The molecule has 0 saturated heterocycles. The standard InChI is InChI=1S/C21H24ClFN4O4/c1-3-30-8-6-27-12-24-20-17(27)11-14(21(29)26-31-9-7-28)19(18(20)23)25-16-5-4-13(2)10-15(16)22/h4-5,10-12,25,28H,3,6-9H2,1-2H3,(H,26,29). The summed E-state index contributed by atoms with van der Waals surface area (Å²) in [5.74, 6) is -1.38. The van der Waals surface area contributed by atoms with E-state index in [1.54, 1.807) is 16.7 Å². The lowest BCUT2D eigenvalue weighted by atomic mass is 10.1. The molecule has 3 rings (SSSR count). The Morgan fingerprint density at radius 2 is 2.13 bits per heavy atom. The van der Waals surface area contributed by atoms with Crippen molar-refractivity contribution in [3.63, 3.8) is 0 Å². The number of amides is 1. The van der Waals surface area contributed by atoms with E-state index in [0.29, 0.717) is 36.0 Å². The molecule has 2 aromatic carbocycles. The highest BCUT2D eigenvalue weighted by Crippen LogP contribution is 2.33. The van der Waals surface area contributed by atoms with Gasteiger partial charge in [-0.25, -0.2) is 14.9 Å². The molecule has 0 aliphatic heterocycles. The second-order valence-corrected chi connectivity index (χ2v) is 7.13. The lowest BCUT2D eigenvalue weighted by Crippen LogP contribution is -2.26. The lowest BCUT2D eigenvalue weighted by Gasteiger charge is -2.16. The Kier molecular flexibility index (Phi) is 7.80. The summed E-state index contributed by atoms with van der Waals surface area (Å²) in [5, 5.41) is 12.2. The first-order chi connectivity index (χ1) is 15.0. The highest BCUT2D eigenvalue weighted by atomic mass is 35.5. The molecule has 0 fully saturated rings. The number of hydroxylamine groups is 1. The third-order valence-electron chi connectivity index (χ3n) is 4.52. The number of aliphatic hydroxyl groups excluding tert-OH is 1. The minimum absolute atomic E-state index is 0.00209. The molecule has 1 heterocycles. The smallest absolute Gasteiger partial charge is 0.277 e. The first kappa shape index (κ1) is 23.0. The summed E-state index contributed by atoms with van der Waals surface area (Å²) in [5.41, 5.74) is 4.04. The van der Waals surface area contributed by atoms with Gasteiger partial charge in [-0.15, -0.1) is 0 Å². The molecule has 166 valence electrons. The summed E-state index contributed by atoms with van der Waals surface area (Å²) in [6, 6.07) is 6.77. The molecule has 31 heavy (non-hydrogen) atoms. The fourth-order valence-electron chi connectivity index (χ4n) is 3.02. The van der Waals surface area contributed by atoms with Gasteiger partial charge in [0.2, 0.25) is 0 Å². The molecule has 0 aliphatic carbocycles. The number of nitrogens with one attached hydrogen (secondary N) is 2. The molecule has 0 saturated carbocycles. The van der Waals surface area contributed by atoms with Crippen LogP contribution < -0.4 is 10.8 Å². The highest BCUT2D eigenvalue weighted by Gasteiger charge is 2.22. The Morgan fingerprint density at radius 3 is 2.84 bits per heavy atom. The van der Waals surface area contributed by atoms with Crippen LogP contribution in [-0.2, 0) is 16.1 Å². The Labute approximate surface area is 183 Å². The lowest BCUT2D eigenvalue weighted by molar-refractivity contribution is 0.0169. The van der Waals surface area contributed by atoms with Crippen LogP contribution in [0.2, 0.25) is 5.02 Å². The van der Waals surface area contributed by atoms with Crippen molar-refractivity contribution < 1.29 is 23.9 Å². The van der Waals surface area contributed by atoms with Gasteiger partial charge >= 0.3 is 0 Å². The molecule has 0 spiro atoms. The Hall–Kier alpha value is -2.72. The van der Waals surface area contributed by atoms with Crippen LogP contribution in [0.5, 0.6) is 0 Å². The molecular weight excluding hydrogens is 427 g/mol. The van der Waals surface area contributed by atoms with Crippen molar-refractivity contribution in [2.24, 2.45) is 0 Å². The number of hydrogen-bond donors (Lipinski definition) is 3. The number of hydrogen-bond acceptors (Lipinski definition) is 6. The number of fused-ring (bicyclic) bond motifs is 1. The van der Waals surface area contributed by atoms with Crippen molar-refractivity contribution in [1.82, 2.24) is 15.0 Å². The van der Waals surface area contributed by atoms with Crippen LogP contribution in [0.25, 0.3) is 11.0 Å². The molecule has 10 heteroatoms. The normalized spacial score (nSPS) is 11.1. The summed E-state index contributed by atoms with van der Waals surface area (Å²) in [7, 11) is 0. The molecule has 0 bridgehead atoms. The van der Waals surface area contributed by atoms with Gasteiger partial charge in [-0.1, -0.05) is 17.7 Å². The molecule has 1 amide bonds. The summed E-state index contributed by atoms with van der Waals surface area (Å²) in [6.07, 6.45) is 1.50. The van der Waals surface area contributed by atoms with E-state index in [2.05, 4.69) is 15.8 Å². The van der Waals surface area contributed by atoms with Gasteiger partial charge in [0, 0.05) is 13.2 Å². The average Bonchev–Trinajstić information content (AvgIpc) is 3.15. The van der Waals surface area contributed by atoms with Gasteiger partial charge < -0.3 is 19.7 Å². The zero-order valence-electron chi connectivity index (χ0n) is 17.2. The predicted octanol–water partition coefficient (Wildman–Crippen LogP) is 3.57. The number of rotatable bonds is 10. The number of nitrogens with zero attached hydrogens (tertiary/aromatic N) is 2. The minimum atomic E-state index is -0.698. The first-order valence-electron chi connectivity index (χ1n) is 9.77. The molecule has 1 aromatic heterocycles. The maximum absolute atomic E-state index is 15.5. The van der Waals surface area contributed by atoms with Crippen LogP contribution in [0, 0.1) is 12.7 Å². The minimum Gasteiger partial charge on any atom is -0.394 e. The summed E-state index contributed by atoms with van der Waals surface area (Å²) >= 11 is 6.29. The van der Waals surface area contributed by atoms with Crippen LogP contribution in [-0.4, -0.2) is 47.0 Å². The number of anilines is 2. The van der Waals surface area contributed by atoms with Gasteiger partial charge in [-0.3, -0.25) is 9.63 Å². The van der Waals surface area contributed by atoms with Crippen LogP contribution in [0.15, 0.2) is 30.6 Å². The number of carbonyl (C=O) groups excluding carboxylic acids is 1. The fraction of sp³-hybridized carbons (Fsp3) is 0.333. The predicted molar refractivity (Wildman–Crippen MR) is 116 cm³/mol.